The topological polar surface area (TPSA) is 84.9 Å². The second kappa shape index (κ2) is 9.07. The molecule has 0 aliphatic heterocycles. The normalized spacial score (nSPS) is 11.3. The summed E-state index contributed by atoms with van der Waals surface area (Å²) in [5, 5.41) is 2.82. The maximum Gasteiger partial charge on any atom is 0.243 e. The summed E-state index contributed by atoms with van der Waals surface area (Å²) in [5.41, 5.74) is 0.543. The number of hydrogen-bond acceptors (Lipinski definition) is 5. The Balaban J connectivity index is 2.05. The van der Waals surface area contributed by atoms with Gasteiger partial charge >= 0.3 is 0 Å². The zero-order chi connectivity index (χ0) is 20.0. The molecule has 0 atom stereocenters. The van der Waals surface area contributed by atoms with E-state index in [1.807, 2.05) is 6.92 Å². The van der Waals surface area contributed by atoms with Crippen molar-refractivity contribution in [1.29, 1.82) is 0 Å². The lowest BCUT2D eigenvalue weighted by Crippen LogP contribution is -2.34. The van der Waals surface area contributed by atoms with Crippen LogP contribution in [0.3, 0.4) is 0 Å². The molecule has 9 heteroatoms. The first kappa shape index (κ1) is 21.0. The summed E-state index contributed by atoms with van der Waals surface area (Å²) in [6.07, 6.45) is 0. The van der Waals surface area contributed by atoms with Crippen LogP contribution >= 0.6 is 11.6 Å². The zero-order valence-corrected chi connectivity index (χ0v) is 16.8. The van der Waals surface area contributed by atoms with Crippen LogP contribution in [-0.2, 0) is 14.8 Å². The summed E-state index contributed by atoms with van der Waals surface area (Å²) < 4.78 is 36.5. The average Bonchev–Trinajstić information content (AvgIpc) is 2.63. The fourth-order valence-corrected chi connectivity index (χ4v) is 3.75. The predicted molar refractivity (Wildman–Crippen MR) is 104 cm³/mol. The number of benzene rings is 2. The van der Waals surface area contributed by atoms with Crippen molar-refractivity contribution in [3.8, 4) is 11.5 Å². The molecule has 1 amide bonds. The van der Waals surface area contributed by atoms with Gasteiger partial charge in [-0.05, 0) is 49.4 Å². The molecule has 0 radical (unpaired) electrons. The lowest BCUT2D eigenvalue weighted by Gasteiger charge is -2.17. The Morgan fingerprint density at radius 1 is 1.19 bits per heavy atom. The molecule has 0 fully saturated rings. The van der Waals surface area contributed by atoms with E-state index in [0.717, 1.165) is 4.31 Å². The summed E-state index contributed by atoms with van der Waals surface area (Å²) >= 11 is 5.99. The molecule has 7 nitrogen and oxygen atoms in total. The second-order valence-corrected chi connectivity index (χ2v) is 8.02. The van der Waals surface area contributed by atoms with Gasteiger partial charge in [0.1, 0.15) is 11.5 Å². The number of methoxy groups -OCH3 is 1. The van der Waals surface area contributed by atoms with Crippen molar-refractivity contribution in [2.24, 2.45) is 0 Å². The van der Waals surface area contributed by atoms with Gasteiger partial charge in [0.15, 0.2) is 0 Å². The Morgan fingerprint density at radius 3 is 2.41 bits per heavy atom. The number of hydrogen-bond donors (Lipinski definition) is 1. The molecule has 0 aliphatic carbocycles. The molecule has 0 unspecified atom stereocenters. The number of rotatable bonds is 8. The van der Waals surface area contributed by atoms with Crippen molar-refractivity contribution in [1.82, 2.24) is 4.31 Å². The van der Waals surface area contributed by atoms with E-state index >= 15 is 0 Å². The monoisotopic (exact) mass is 412 g/mol. The minimum atomic E-state index is -3.88. The number of likely N-dealkylation sites (N-methyl/N-ethyl adjacent to an activating group) is 1. The van der Waals surface area contributed by atoms with Crippen LogP contribution in [0.4, 0.5) is 5.69 Å². The van der Waals surface area contributed by atoms with Crippen molar-refractivity contribution >= 4 is 33.2 Å². The van der Waals surface area contributed by atoms with Gasteiger partial charge in [-0.3, -0.25) is 4.79 Å². The first-order chi connectivity index (χ1) is 12.8. The lowest BCUT2D eigenvalue weighted by atomic mass is 10.3. The average molecular weight is 413 g/mol. The first-order valence-corrected chi connectivity index (χ1v) is 9.92. The van der Waals surface area contributed by atoms with Crippen LogP contribution in [0.5, 0.6) is 11.5 Å². The number of sulfonamides is 1. The smallest absolute Gasteiger partial charge is 0.243 e. The number of anilines is 1. The third-order valence-corrected chi connectivity index (χ3v) is 5.74. The molecule has 146 valence electrons. The minimum absolute atomic E-state index is 0.0235. The van der Waals surface area contributed by atoms with Gasteiger partial charge in [0.05, 0.1) is 30.2 Å². The van der Waals surface area contributed by atoms with Gasteiger partial charge < -0.3 is 14.8 Å². The van der Waals surface area contributed by atoms with E-state index in [1.165, 1.54) is 32.4 Å². The standard InChI is InChI=1S/C18H21ClN2O5S/c1-4-26-14-7-5-13(6-8-14)20-18(22)12-21(2)27(23,24)15-9-10-17(25-3)16(19)11-15/h5-11H,4,12H2,1-3H3,(H,20,22). The number of carbonyl (C=O) groups is 1. The highest BCUT2D eigenvalue weighted by Crippen LogP contribution is 2.28. The lowest BCUT2D eigenvalue weighted by molar-refractivity contribution is -0.116. The van der Waals surface area contributed by atoms with Gasteiger partial charge in [-0.1, -0.05) is 11.6 Å². The van der Waals surface area contributed by atoms with Gasteiger partial charge in [0.25, 0.3) is 0 Å². The van der Waals surface area contributed by atoms with Gasteiger partial charge in [-0.25, -0.2) is 8.42 Å². The van der Waals surface area contributed by atoms with E-state index in [9.17, 15) is 13.2 Å². The summed E-state index contributed by atoms with van der Waals surface area (Å²) in [4.78, 5) is 12.2. The quantitative estimate of drug-likeness (QED) is 0.720. The molecule has 2 aromatic carbocycles. The Hall–Kier alpha value is -2.29. The predicted octanol–water partition coefficient (Wildman–Crippen LogP) is 3.01. The van der Waals surface area contributed by atoms with E-state index < -0.39 is 15.9 Å². The van der Waals surface area contributed by atoms with Gasteiger partial charge in [0.2, 0.25) is 15.9 Å². The highest BCUT2D eigenvalue weighted by Gasteiger charge is 2.24. The van der Waals surface area contributed by atoms with E-state index in [1.54, 1.807) is 24.3 Å². The van der Waals surface area contributed by atoms with Gasteiger partial charge in [-0.15, -0.1) is 0 Å². The molecule has 2 rings (SSSR count). The van der Waals surface area contributed by atoms with Crippen molar-refractivity contribution in [3.05, 3.63) is 47.5 Å². The SMILES string of the molecule is CCOc1ccc(NC(=O)CN(C)S(=O)(=O)c2ccc(OC)c(Cl)c2)cc1. The van der Waals surface area contributed by atoms with E-state index in [2.05, 4.69) is 5.32 Å². The molecule has 2 aromatic rings. The zero-order valence-electron chi connectivity index (χ0n) is 15.2. The number of carbonyl (C=O) groups excluding carboxylic acids is 1. The maximum atomic E-state index is 12.6. The number of halogens is 1. The summed E-state index contributed by atoms with van der Waals surface area (Å²) in [6.45, 7) is 2.07. The summed E-state index contributed by atoms with van der Waals surface area (Å²) in [7, 11) is -1.11. The Labute approximate surface area is 163 Å². The number of nitrogens with zero attached hydrogens (tertiary/aromatic N) is 1. The largest absolute Gasteiger partial charge is 0.495 e. The summed E-state index contributed by atoms with van der Waals surface area (Å²) in [6, 6.07) is 10.9. The van der Waals surface area contributed by atoms with E-state index in [0.29, 0.717) is 23.8 Å². The molecule has 0 aromatic heterocycles. The fraction of sp³-hybridized carbons (Fsp3) is 0.278. The van der Waals surface area contributed by atoms with Crippen LogP contribution in [0.1, 0.15) is 6.92 Å². The van der Waals surface area contributed by atoms with Crippen molar-refractivity contribution in [2.75, 3.05) is 32.6 Å². The molecule has 0 aliphatic rings. The highest BCUT2D eigenvalue weighted by molar-refractivity contribution is 7.89. The second-order valence-electron chi connectivity index (χ2n) is 5.56. The molecule has 0 heterocycles. The Morgan fingerprint density at radius 2 is 1.85 bits per heavy atom. The molecular weight excluding hydrogens is 392 g/mol. The summed E-state index contributed by atoms with van der Waals surface area (Å²) in [5.74, 6) is 0.586. The van der Waals surface area contributed by atoms with Crippen LogP contribution in [-0.4, -0.2) is 45.9 Å². The highest BCUT2D eigenvalue weighted by atomic mass is 35.5. The fourth-order valence-electron chi connectivity index (χ4n) is 2.28. The van der Waals surface area contributed by atoms with Crippen molar-refractivity contribution < 1.29 is 22.7 Å². The Kier molecular flexibility index (Phi) is 7.06. The van der Waals surface area contributed by atoms with Gasteiger partial charge in [-0.2, -0.15) is 4.31 Å². The van der Waals surface area contributed by atoms with Crippen LogP contribution in [0.25, 0.3) is 0 Å². The van der Waals surface area contributed by atoms with Gasteiger partial charge in [0, 0.05) is 12.7 Å². The third-order valence-electron chi connectivity index (χ3n) is 3.65. The van der Waals surface area contributed by atoms with Crippen LogP contribution < -0.4 is 14.8 Å². The third kappa shape index (κ3) is 5.35. The first-order valence-electron chi connectivity index (χ1n) is 8.10. The maximum absolute atomic E-state index is 12.6. The number of nitrogens with one attached hydrogen (secondary N) is 1. The van der Waals surface area contributed by atoms with E-state index in [4.69, 9.17) is 21.1 Å². The minimum Gasteiger partial charge on any atom is -0.495 e. The molecular formula is C18H21ClN2O5S. The van der Waals surface area contributed by atoms with Crippen LogP contribution in [0.15, 0.2) is 47.4 Å². The molecule has 27 heavy (non-hydrogen) atoms. The number of amides is 1. The van der Waals surface area contributed by atoms with Crippen molar-refractivity contribution in [2.45, 2.75) is 11.8 Å². The molecule has 0 saturated carbocycles. The molecule has 0 bridgehead atoms. The Bertz CT molecular complexity index is 900. The van der Waals surface area contributed by atoms with E-state index in [-0.39, 0.29) is 16.5 Å². The number of ether oxygens (including phenoxy) is 2. The van der Waals surface area contributed by atoms with Crippen molar-refractivity contribution in [3.63, 3.8) is 0 Å². The van der Waals surface area contributed by atoms with Crippen LogP contribution in [0, 0.1) is 0 Å². The molecule has 0 saturated heterocycles. The van der Waals surface area contributed by atoms with Crippen LogP contribution in [0.2, 0.25) is 5.02 Å². The molecule has 0 spiro atoms. The molecule has 1 N–H and O–H groups in total.